The maximum atomic E-state index is 12.8. The van der Waals surface area contributed by atoms with Crippen molar-refractivity contribution in [1.29, 1.82) is 5.26 Å². The molecular weight excluding hydrogens is 440 g/mol. The summed E-state index contributed by atoms with van der Waals surface area (Å²) in [5.41, 5.74) is 9.24. The van der Waals surface area contributed by atoms with Crippen LogP contribution in [-0.2, 0) is 0 Å². The van der Waals surface area contributed by atoms with Crippen LogP contribution in [0.3, 0.4) is 0 Å². The summed E-state index contributed by atoms with van der Waals surface area (Å²) in [5, 5.41) is 11.1. The summed E-state index contributed by atoms with van der Waals surface area (Å²) in [7, 11) is 0. The fourth-order valence-corrected chi connectivity index (χ4v) is 4.15. The van der Waals surface area contributed by atoms with Gasteiger partial charge < -0.3 is 19.6 Å². The number of benzene rings is 3. The Labute approximate surface area is 194 Å². The van der Waals surface area contributed by atoms with Gasteiger partial charge in [0.2, 0.25) is 11.6 Å². The monoisotopic (exact) mass is 456 g/mol. The second-order valence-corrected chi connectivity index (χ2v) is 8.05. The Morgan fingerprint density at radius 3 is 2.61 bits per heavy atom. The molecule has 0 radical (unpaired) electrons. The topological polar surface area (TPSA) is 98.5 Å². The number of para-hydroxylation sites is 1. The Bertz CT molecular complexity index is 1480. The minimum absolute atomic E-state index is 0.00144. The number of esters is 1. The molecule has 6 nitrogen and oxygen atoms in total. The van der Waals surface area contributed by atoms with E-state index in [2.05, 4.69) is 6.07 Å². The Morgan fingerprint density at radius 1 is 1.12 bits per heavy atom. The van der Waals surface area contributed by atoms with E-state index in [4.69, 9.17) is 31.2 Å². The predicted molar refractivity (Wildman–Crippen MR) is 123 cm³/mol. The van der Waals surface area contributed by atoms with E-state index in [1.807, 2.05) is 37.3 Å². The lowest BCUT2D eigenvalue weighted by Crippen LogP contribution is -2.21. The van der Waals surface area contributed by atoms with Gasteiger partial charge in [-0.25, -0.2) is 4.79 Å². The van der Waals surface area contributed by atoms with Gasteiger partial charge in [-0.3, -0.25) is 0 Å². The number of nitrogens with zero attached hydrogens (tertiary/aromatic N) is 1. The van der Waals surface area contributed by atoms with Crippen LogP contribution >= 0.6 is 11.6 Å². The van der Waals surface area contributed by atoms with E-state index in [9.17, 15) is 10.1 Å². The zero-order chi connectivity index (χ0) is 23.1. The lowest BCUT2D eigenvalue weighted by atomic mass is 9.83. The van der Waals surface area contributed by atoms with Crippen LogP contribution in [0, 0.1) is 18.3 Å². The first-order valence-corrected chi connectivity index (χ1v) is 10.5. The molecular formula is C26H17ClN2O4. The molecule has 3 aromatic carbocycles. The van der Waals surface area contributed by atoms with Crippen LogP contribution in [0.25, 0.3) is 11.0 Å². The molecule has 4 aromatic rings. The lowest BCUT2D eigenvalue weighted by Gasteiger charge is -2.26. The number of carbonyl (C=O) groups excluding carboxylic acids is 1. The van der Waals surface area contributed by atoms with Crippen molar-refractivity contribution < 1.29 is 18.7 Å². The van der Waals surface area contributed by atoms with Crippen LogP contribution < -0.4 is 15.2 Å². The molecule has 1 aliphatic heterocycles. The normalized spacial score (nSPS) is 15.0. The minimum atomic E-state index is -0.616. The van der Waals surface area contributed by atoms with Gasteiger partial charge in [-0.1, -0.05) is 48.0 Å². The van der Waals surface area contributed by atoms with Gasteiger partial charge in [0.25, 0.3) is 0 Å². The molecule has 1 unspecified atom stereocenters. The number of rotatable bonds is 3. The lowest BCUT2D eigenvalue weighted by molar-refractivity contribution is 0.0702. The highest BCUT2D eigenvalue weighted by molar-refractivity contribution is 6.30. The number of furan rings is 1. The average Bonchev–Trinajstić information content (AvgIpc) is 3.15. The van der Waals surface area contributed by atoms with E-state index in [1.165, 1.54) is 0 Å². The Hall–Kier alpha value is -4.21. The van der Waals surface area contributed by atoms with Gasteiger partial charge >= 0.3 is 5.97 Å². The van der Waals surface area contributed by atoms with Gasteiger partial charge in [0, 0.05) is 27.6 Å². The van der Waals surface area contributed by atoms with Crippen LogP contribution in [0.5, 0.6) is 11.5 Å². The maximum absolute atomic E-state index is 12.8. The van der Waals surface area contributed by atoms with Crippen molar-refractivity contribution >= 4 is 28.5 Å². The maximum Gasteiger partial charge on any atom is 0.379 e. The molecule has 0 saturated heterocycles. The fraction of sp³-hybridized carbons (Fsp3) is 0.0769. The SMILES string of the molecule is Cc1c(C(=O)Oc2ccc3c(c2)OC(N)=C(C#N)C3c2ccc(Cl)cc2)oc2ccccc12. The van der Waals surface area contributed by atoms with Gasteiger partial charge in [-0.2, -0.15) is 5.26 Å². The molecule has 0 spiro atoms. The van der Waals surface area contributed by atoms with E-state index in [0.29, 0.717) is 27.5 Å². The molecule has 33 heavy (non-hydrogen) atoms. The average molecular weight is 457 g/mol. The van der Waals surface area contributed by atoms with Crippen LogP contribution in [0.15, 0.2) is 82.6 Å². The summed E-state index contributed by atoms with van der Waals surface area (Å²) in [4.78, 5) is 12.8. The van der Waals surface area contributed by atoms with Crippen molar-refractivity contribution in [3.63, 3.8) is 0 Å². The van der Waals surface area contributed by atoms with Crippen molar-refractivity contribution in [3.8, 4) is 17.6 Å². The van der Waals surface area contributed by atoms with E-state index in [1.54, 1.807) is 36.4 Å². The molecule has 2 heterocycles. The molecule has 162 valence electrons. The van der Waals surface area contributed by atoms with Crippen LogP contribution in [-0.4, -0.2) is 5.97 Å². The zero-order valence-electron chi connectivity index (χ0n) is 17.5. The number of hydrogen-bond acceptors (Lipinski definition) is 6. The Morgan fingerprint density at radius 2 is 1.88 bits per heavy atom. The number of nitrogens with two attached hydrogens (primary N) is 1. The predicted octanol–water partition coefficient (Wildman–Crippen LogP) is 5.83. The highest BCUT2D eigenvalue weighted by Gasteiger charge is 2.31. The number of fused-ring (bicyclic) bond motifs is 2. The smallest absolute Gasteiger partial charge is 0.379 e. The van der Waals surface area contributed by atoms with Gasteiger partial charge in [-0.15, -0.1) is 0 Å². The van der Waals surface area contributed by atoms with Crippen molar-refractivity contribution in [2.45, 2.75) is 12.8 Å². The number of halogens is 1. The highest BCUT2D eigenvalue weighted by Crippen LogP contribution is 2.43. The molecule has 1 atom stereocenters. The van der Waals surface area contributed by atoms with Crippen LogP contribution in [0.1, 0.15) is 33.2 Å². The summed E-state index contributed by atoms with van der Waals surface area (Å²) in [6.07, 6.45) is 0. The first kappa shape index (κ1) is 20.7. The second kappa shape index (κ2) is 8.05. The summed E-state index contributed by atoms with van der Waals surface area (Å²) >= 11 is 6.02. The van der Waals surface area contributed by atoms with Crippen molar-refractivity contribution in [1.82, 2.24) is 0 Å². The number of aryl methyl sites for hydroxylation is 1. The van der Waals surface area contributed by atoms with Gasteiger partial charge in [0.05, 0.1) is 5.92 Å². The number of carbonyl (C=O) groups is 1. The molecule has 5 rings (SSSR count). The van der Waals surface area contributed by atoms with Crippen LogP contribution in [0.4, 0.5) is 0 Å². The molecule has 0 bridgehead atoms. The molecule has 1 aromatic heterocycles. The van der Waals surface area contributed by atoms with Crippen molar-refractivity contribution in [2.75, 3.05) is 0 Å². The number of ether oxygens (including phenoxy) is 2. The van der Waals surface area contributed by atoms with Gasteiger partial charge in [-0.05, 0) is 36.8 Å². The first-order valence-electron chi connectivity index (χ1n) is 10.1. The Kier molecular flexibility index (Phi) is 5.04. The van der Waals surface area contributed by atoms with Crippen LogP contribution in [0.2, 0.25) is 5.02 Å². The molecule has 7 heteroatoms. The van der Waals surface area contributed by atoms with Crippen molar-refractivity contribution in [2.24, 2.45) is 5.73 Å². The summed E-state index contributed by atoms with van der Waals surface area (Å²) < 4.78 is 17.0. The van der Waals surface area contributed by atoms with Crippen molar-refractivity contribution in [3.05, 3.63) is 106 Å². The fourth-order valence-electron chi connectivity index (χ4n) is 4.02. The standard InChI is InChI=1S/C26H17ClN2O4/c1-14-18-4-2-3-5-21(18)32-24(14)26(30)31-17-10-11-19-22(12-17)33-25(29)20(13-28)23(19)15-6-8-16(27)9-7-15/h2-12,23H,29H2,1H3. The minimum Gasteiger partial charge on any atom is -0.449 e. The van der Waals surface area contributed by atoms with E-state index in [0.717, 1.165) is 16.5 Å². The van der Waals surface area contributed by atoms with E-state index >= 15 is 0 Å². The van der Waals surface area contributed by atoms with Gasteiger partial charge in [0.1, 0.15) is 28.7 Å². The number of allylic oxidation sites excluding steroid dienone is 1. The van der Waals surface area contributed by atoms with E-state index in [-0.39, 0.29) is 17.4 Å². The molecule has 1 aliphatic rings. The number of hydrogen-bond donors (Lipinski definition) is 1. The highest BCUT2D eigenvalue weighted by atomic mass is 35.5. The molecule has 2 N–H and O–H groups in total. The Balaban J connectivity index is 1.49. The number of nitriles is 1. The van der Waals surface area contributed by atoms with Gasteiger partial charge in [0.15, 0.2) is 0 Å². The third-order valence-corrected chi connectivity index (χ3v) is 5.89. The second-order valence-electron chi connectivity index (χ2n) is 7.62. The molecule has 0 fully saturated rings. The zero-order valence-corrected chi connectivity index (χ0v) is 18.2. The molecule has 0 saturated carbocycles. The third-order valence-electron chi connectivity index (χ3n) is 5.63. The largest absolute Gasteiger partial charge is 0.449 e. The quantitative estimate of drug-likeness (QED) is 0.307. The summed E-state index contributed by atoms with van der Waals surface area (Å²) in [5.74, 6) is -0.241. The first-order chi connectivity index (χ1) is 16.0. The molecule has 0 aliphatic carbocycles. The summed E-state index contributed by atoms with van der Waals surface area (Å²) in [6.45, 7) is 1.81. The third kappa shape index (κ3) is 3.59. The van der Waals surface area contributed by atoms with E-state index < -0.39 is 11.9 Å². The molecule has 0 amide bonds. The summed E-state index contributed by atoms with van der Waals surface area (Å²) in [6, 6.07) is 21.7.